The number of carboxylic acids is 1. The highest BCUT2D eigenvalue weighted by molar-refractivity contribution is 7.09. The van der Waals surface area contributed by atoms with E-state index in [1.165, 1.54) is 10.9 Å². The molecule has 0 atom stereocenters. The van der Waals surface area contributed by atoms with Crippen LogP contribution in [0.4, 0.5) is 5.69 Å². The van der Waals surface area contributed by atoms with Crippen LogP contribution in [0.5, 0.6) is 0 Å². The SMILES string of the molecule is Cc1nc(Cn2cc(N)c(C(=O)O)n2)cs1. The van der Waals surface area contributed by atoms with Crippen LogP contribution in [0.25, 0.3) is 0 Å². The van der Waals surface area contributed by atoms with Crippen LogP contribution in [0.1, 0.15) is 21.2 Å². The molecule has 0 unspecified atom stereocenters. The van der Waals surface area contributed by atoms with Gasteiger partial charge in [-0.3, -0.25) is 4.68 Å². The molecule has 0 spiro atoms. The molecule has 0 saturated heterocycles. The van der Waals surface area contributed by atoms with E-state index in [1.54, 1.807) is 11.3 Å². The third-order valence-corrected chi connectivity index (χ3v) is 2.81. The Bertz CT molecular complexity index is 531. The topological polar surface area (TPSA) is 94.0 Å². The summed E-state index contributed by atoms with van der Waals surface area (Å²) in [6.45, 7) is 2.34. The zero-order valence-electron chi connectivity index (χ0n) is 8.54. The predicted molar refractivity (Wildman–Crippen MR) is 59.6 cm³/mol. The second-order valence-corrected chi connectivity index (χ2v) is 4.36. The summed E-state index contributed by atoms with van der Waals surface area (Å²) in [7, 11) is 0. The molecule has 84 valence electrons. The van der Waals surface area contributed by atoms with Crippen molar-refractivity contribution < 1.29 is 9.90 Å². The lowest BCUT2D eigenvalue weighted by Gasteiger charge is -1.95. The van der Waals surface area contributed by atoms with E-state index in [9.17, 15) is 4.79 Å². The summed E-state index contributed by atoms with van der Waals surface area (Å²) < 4.78 is 1.48. The first kappa shape index (κ1) is 10.6. The van der Waals surface area contributed by atoms with E-state index in [4.69, 9.17) is 10.8 Å². The number of aryl methyl sites for hydroxylation is 1. The van der Waals surface area contributed by atoms with Crippen LogP contribution >= 0.6 is 11.3 Å². The summed E-state index contributed by atoms with van der Waals surface area (Å²) in [5.41, 5.74) is 6.42. The Morgan fingerprint density at radius 3 is 2.94 bits per heavy atom. The third-order valence-electron chi connectivity index (χ3n) is 1.98. The van der Waals surface area contributed by atoms with Gasteiger partial charge in [-0.2, -0.15) is 5.10 Å². The van der Waals surface area contributed by atoms with E-state index in [1.807, 2.05) is 12.3 Å². The molecular weight excluding hydrogens is 228 g/mol. The Morgan fingerprint density at radius 1 is 1.69 bits per heavy atom. The average molecular weight is 238 g/mol. The fourth-order valence-corrected chi connectivity index (χ4v) is 1.93. The van der Waals surface area contributed by atoms with Gasteiger partial charge in [-0.05, 0) is 6.92 Å². The van der Waals surface area contributed by atoms with E-state index in [0.29, 0.717) is 6.54 Å². The van der Waals surface area contributed by atoms with Crippen molar-refractivity contribution in [1.29, 1.82) is 0 Å². The molecule has 0 saturated carbocycles. The standard InChI is InChI=1S/C9H10N4O2S/c1-5-11-6(4-16-5)2-13-3-7(10)8(12-13)9(14)15/h3-4H,2,10H2,1H3,(H,14,15). The minimum absolute atomic E-state index is 0.119. The number of carbonyl (C=O) groups is 1. The third kappa shape index (κ3) is 2.03. The lowest BCUT2D eigenvalue weighted by Crippen LogP contribution is -2.04. The summed E-state index contributed by atoms with van der Waals surface area (Å²) in [5.74, 6) is -1.12. The molecule has 2 aromatic heterocycles. The number of aromatic nitrogens is 3. The second kappa shape index (κ2) is 3.93. The number of carboxylic acid groups (broad SMARTS) is 1. The van der Waals surface area contributed by atoms with Gasteiger partial charge in [-0.25, -0.2) is 9.78 Å². The Morgan fingerprint density at radius 2 is 2.44 bits per heavy atom. The minimum atomic E-state index is -1.12. The summed E-state index contributed by atoms with van der Waals surface area (Å²) in [4.78, 5) is 15.0. The fourth-order valence-electron chi connectivity index (χ4n) is 1.33. The molecule has 0 bridgehead atoms. The predicted octanol–water partition coefficient (Wildman–Crippen LogP) is 0.977. The maximum absolute atomic E-state index is 10.7. The molecule has 2 rings (SSSR count). The van der Waals surface area contributed by atoms with Gasteiger partial charge in [0.25, 0.3) is 0 Å². The normalized spacial score (nSPS) is 10.6. The smallest absolute Gasteiger partial charge is 0.358 e. The molecule has 2 aromatic rings. The molecule has 0 aliphatic heterocycles. The van der Waals surface area contributed by atoms with E-state index in [2.05, 4.69) is 10.1 Å². The zero-order valence-corrected chi connectivity index (χ0v) is 9.36. The summed E-state index contributed by atoms with van der Waals surface area (Å²) in [6.07, 6.45) is 1.50. The van der Waals surface area contributed by atoms with E-state index in [-0.39, 0.29) is 11.4 Å². The van der Waals surface area contributed by atoms with E-state index in [0.717, 1.165) is 10.7 Å². The first-order valence-corrected chi connectivity index (χ1v) is 5.41. The van der Waals surface area contributed by atoms with Gasteiger partial charge in [-0.1, -0.05) is 0 Å². The Labute approximate surface area is 95.3 Å². The molecule has 16 heavy (non-hydrogen) atoms. The van der Waals surface area contributed by atoms with Crippen LogP contribution in [0.2, 0.25) is 0 Å². The van der Waals surface area contributed by atoms with Gasteiger partial charge < -0.3 is 10.8 Å². The van der Waals surface area contributed by atoms with Crippen molar-refractivity contribution in [3.63, 3.8) is 0 Å². The number of thiazole rings is 1. The fraction of sp³-hybridized carbons (Fsp3) is 0.222. The van der Waals surface area contributed by atoms with Crippen molar-refractivity contribution >= 4 is 23.0 Å². The number of nitrogen functional groups attached to an aromatic ring is 1. The molecule has 3 N–H and O–H groups in total. The number of hydrogen-bond acceptors (Lipinski definition) is 5. The number of rotatable bonds is 3. The summed E-state index contributed by atoms with van der Waals surface area (Å²) in [5, 5.41) is 15.5. The quantitative estimate of drug-likeness (QED) is 0.831. The van der Waals surface area contributed by atoms with Crippen molar-refractivity contribution in [1.82, 2.24) is 14.8 Å². The highest BCUT2D eigenvalue weighted by Gasteiger charge is 2.13. The molecule has 0 aromatic carbocycles. The van der Waals surface area contributed by atoms with Gasteiger partial charge in [-0.15, -0.1) is 11.3 Å². The van der Waals surface area contributed by atoms with Crippen molar-refractivity contribution in [2.24, 2.45) is 0 Å². The number of aromatic carboxylic acids is 1. The van der Waals surface area contributed by atoms with Crippen LogP contribution in [0, 0.1) is 6.92 Å². The summed E-state index contributed by atoms with van der Waals surface area (Å²) in [6, 6.07) is 0. The van der Waals surface area contributed by atoms with Crippen molar-refractivity contribution in [2.75, 3.05) is 5.73 Å². The van der Waals surface area contributed by atoms with Crippen molar-refractivity contribution in [3.8, 4) is 0 Å². The molecule has 0 aliphatic carbocycles. The first-order chi connectivity index (χ1) is 7.56. The second-order valence-electron chi connectivity index (χ2n) is 3.29. The van der Waals surface area contributed by atoms with Gasteiger partial charge in [0.05, 0.1) is 22.9 Å². The zero-order chi connectivity index (χ0) is 11.7. The van der Waals surface area contributed by atoms with E-state index < -0.39 is 5.97 Å². The van der Waals surface area contributed by atoms with Gasteiger partial charge in [0.15, 0.2) is 5.69 Å². The molecule has 0 fully saturated rings. The van der Waals surface area contributed by atoms with Gasteiger partial charge in [0, 0.05) is 11.6 Å². The largest absolute Gasteiger partial charge is 0.476 e. The van der Waals surface area contributed by atoms with Gasteiger partial charge in [0.2, 0.25) is 0 Å². The van der Waals surface area contributed by atoms with Crippen LogP contribution in [0.3, 0.4) is 0 Å². The van der Waals surface area contributed by atoms with Gasteiger partial charge >= 0.3 is 5.97 Å². The Kier molecular flexibility index (Phi) is 2.61. The molecule has 6 nitrogen and oxygen atoms in total. The number of nitrogens with zero attached hydrogens (tertiary/aromatic N) is 3. The van der Waals surface area contributed by atoms with Crippen LogP contribution in [-0.2, 0) is 6.54 Å². The molecule has 2 heterocycles. The highest BCUT2D eigenvalue weighted by atomic mass is 32.1. The van der Waals surface area contributed by atoms with Crippen molar-refractivity contribution in [3.05, 3.63) is 28.0 Å². The monoisotopic (exact) mass is 238 g/mol. The lowest BCUT2D eigenvalue weighted by atomic mass is 10.4. The van der Waals surface area contributed by atoms with Crippen LogP contribution in [0.15, 0.2) is 11.6 Å². The highest BCUT2D eigenvalue weighted by Crippen LogP contribution is 2.12. The number of anilines is 1. The molecule has 0 aliphatic rings. The molecule has 0 radical (unpaired) electrons. The summed E-state index contributed by atoms with van der Waals surface area (Å²) >= 11 is 1.54. The number of hydrogen-bond donors (Lipinski definition) is 2. The molecule has 7 heteroatoms. The van der Waals surface area contributed by atoms with Crippen molar-refractivity contribution in [2.45, 2.75) is 13.5 Å². The molecular formula is C9H10N4O2S. The molecule has 0 amide bonds. The average Bonchev–Trinajstić information content (AvgIpc) is 2.73. The van der Waals surface area contributed by atoms with Crippen LogP contribution < -0.4 is 5.73 Å². The maximum Gasteiger partial charge on any atom is 0.358 e. The Balaban J connectivity index is 2.22. The van der Waals surface area contributed by atoms with Crippen LogP contribution in [-0.4, -0.2) is 25.8 Å². The van der Waals surface area contributed by atoms with E-state index >= 15 is 0 Å². The maximum atomic E-state index is 10.7. The first-order valence-electron chi connectivity index (χ1n) is 4.53. The Hall–Kier alpha value is -1.89. The minimum Gasteiger partial charge on any atom is -0.476 e. The van der Waals surface area contributed by atoms with Gasteiger partial charge in [0.1, 0.15) is 0 Å². The lowest BCUT2D eigenvalue weighted by molar-refractivity contribution is 0.0690. The number of nitrogens with two attached hydrogens (primary N) is 1.